The first-order valence-electron chi connectivity index (χ1n) is 5.66. The van der Waals surface area contributed by atoms with E-state index in [1.807, 2.05) is 30.3 Å². The maximum absolute atomic E-state index is 8.37. The molecule has 0 saturated heterocycles. The molecule has 0 amide bonds. The van der Waals surface area contributed by atoms with Crippen LogP contribution in [-0.2, 0) is 0 Å². The van der Waals surface area contributed by atoms with Gasteiger partial charge in [0.05, 0.1) is 14.2 Å². The molecule has 0 spiro atoms. The van der Waals surface area contributed by atoms with Crippen molar-refractivity contribution >= 4 is 5.69 Å². The number of hydrogen-bond donors (Lipinski definition) is 0. The largest absolute Gasteiger partial charge is 0.497 e. The van der Waals surface area contributed by atoms with E-state index in [-0.39, 0.29) is 0 Å². The Bertz CT molecular complexity index is 617. The molecule has 0 radical (unpaired) electrons. The van der Waals surface area contributed by atoms with Crippen LogP contribution >= 0.6 is 0 Å². The molecule has 0 aliphatic heterocycles. The standard InChI is InChI=1S/C14H13N3O2/c1-18-12-7-8-13(14(9-12)19-2)10-3-5-11(6-4-10)16-17-15/h3-9H,1-2H3. The van der Waals surface area contributed by atoms with Gasteiger partial charge in [-0.1, -0.05) is 29.4 Å². The highest BCUT2D eigenvalue weighted by atomic mass is 16.5. The van der Waals surface area contributed by atoms with Crippen molar-refractivity contribution in [3.63, 3.8) is 0 Å². The molecule has 0 fully saturated rings. The Morgan fingerprint density at radius 3 is 2.32 bits per heavy atom. The van der Waals surface area contributed by atoms with Crippen LogP contribution in [0.15, 0.2) is 47.6 Å². The number of rotatable bonds is 4. The second-order valence-corrected chi connectivity index (χ2v) is 3.80. The fourth-order valence-electron chi connectivity index (χ4n) is 1.80. The molecule has 0 saturated carbocycles. The van der Waals surface area contributed by atoms with E-state index < -0.39 is 0 Å². The fourth-order valence-corrected chi connectivity index (χ4v) is 1.80. The van der Waals surface area contributed by atoms with Crippen LogP contribution in [0.1, 0.15) is 0 Å². The van der Waals surface area contributed by atoms with Crippen molar-refractivity contribution in [1.29, 1.82) is 0 Å². The lowest BCUT2D eigenvalue weighted by atomic mass is 10.0. The van der Waals surface area contributed by atoms with E-state index >= 15 is 0 Å². The predicted octanol–water partition coefficient (Wildman–Crippen LogP) is 4.31. The average Bonchev–Trinajstić information content (AvgIpc) is 2.48. The number of azide groups is 1. The monoisotopic (exact) mass is 255 g/mol. The van der Waals surface area contributed by atoms with E-state index in [0.29, 0.717) is 5.69 Å². The van der Waals surface area contributed by atoms with Crippen LogP contribution < -0.4 is 9.47 Å². The van der Waals surface area contributed by atoms with Crippen LogP contribution in [0.3, 0.4) is 0 Å². The average molecular weight is 255 g/mol. The van der Waals surface area contributed by atoms with Crippen LogP contribution in [0.25, 0.3) is 21.6 Å². The molecule has 0 aromatic heterocycles. The van der Waals surface area contributed by atoms with Crippen LogP contribution in [-0.4, -0.2) is 14.2 Å². The van der Waals surface area contributed by atoms with Gasteiger partial charge >= 0.3 is 0 Å². The summed E-state index contributed by atoms with van der Waals surface area (Å²) in [7, 11) is 3.23. The minimum absolute atomic E-state index is 0.582. The number of hydrogen-bond acceptors (Lipinski definition) is 3. The SMILES string of the molecule is COc1ccc(-c2ccc(N=[N+]=[N-])cc2)c(OC)c1. The molecule has 2 aromatic rings. The zero-order valence-corrected chi connectivity index (χ0v) is 10.7. The summed E-state index contributed by atoms with van der Waals surface area (Å²) in [4.78, 5) is 2.75. The quantitative estimate of drug-likeness (QED) is 0.464. The molecule has 0 aliphatic rings. The second kappa shape index (κ2) is 5.80. The van der Waals surface area contributed by atoms with Gasteiger partial charge < -0.3 is 9.47 Å². The molecule has 0 heterocycles. The van der Waals surface area contributed by atoms with Gasteiger partial charge in [-0.05, 0) is 23.2 Å². The van der Waals surface area contributed by atoms with Gasteiger partial charge in [0, 0.05) is 22.2 Å². The zero-order chi connectivity index (χ0) is 13.7. The smallest absolute Gasteiger partial charge is 0.130 e. The molecule has 0 N–H and O–H groups in total. The van der Waals surface area contributed by atoms with Crippen molar-refractivity contribution in [2.75, 3.05) is 14.2 Å². The van der Waals surface area contributed by atoms with Crippen LogP contribution in [0.4, 0.5) is 5.69 Å². The van der Waals surface area contributed by atoms with Gasteiger partial charge in [0.2, 0.25) is 0 Å². The van der Waals surface area contributed by atoms with Gasteiger partial charge in [-0.15, -0.1) is 0 Å². The maximum Gasteiger partial charge on any atom is 0.130 e. The van der Waals surface area contributed by atoms with Gasteiger partial charge in [0.15, 0.2) is 0 Å². The summed E-state index contributed by atoms with van der Waals surface area (Å²) in [5.74, 6) is 1.47. The zero-order valence-electron chi connectivity index (χ0n) is 10.7. The van der Waals surface area contributed by atoms with Gasteiger partial charge in [-0.2, -0.15) is 0 Å². The lowest BCUT2D eigenvalue weighted by Crippen LogP contribution is -1.90. The molecule has 0 bridgehead atoms. The molecule has 19 heavy (non-hydrogen) atoms. The Morgan fingerprint density at radius 1 is 1.00 bits per heavy atom. The summed E-state index contributed by atoms with van der Waals surface area (Å²) in [6.45, 7) is 0. The lowest BCUT2D eigenvalue weighted by Gasteiger charge is -2.10. The molecule has 5 nitrogen and oxygen atoms in total. The van der Waals surface area contributed by atoms with Crippen molar-refractivity contribution in [2.24, 2.45) is 5.11 Å². The van der Waals surface area contributed by atoms with E-state index in [1.165, 1.54) is 0 Å². The molecular formula is C14H13N3O2. The number of benzene rings is 2. The highest BCUT2D eigenvalue weighted by Gasteiger charge is 2.07. The summed E-state index contributed by atoms with van der Waals surface area (Å²) in [5.41, 5.74) is 10.9. The van der Waals surface area contributed by atoms with E-state index in [9.17, 15) is 0 Å². The summed E-state index contributed by atoms with van der Waals surface area (Å²) in [6, 6.07) is 12.9. The van der Waals surface area contributed by atoms with E-state index in [2.05, 4.69) is 10.0 Å². The maximum atomic E-state index is 8.37. The van der Waals surface area contributed by atoms with Gasteiger partial charge in [0.1, 0.15) is 11.5 Å². The van der Waals surface area contributed by atoms with Gasteiger partial charge in [0.25, 0.3) is 0 Å². The van der Waals surface area contributed by atoms with Crippen molar-refractivity contribution in [2.45, 2.75) is 0 Å². The molecule has 96 valence electrons. The molecule has 2 aromatic carbocycles. The normalized spacial score (nSPS) is 9.58. The first-order valence-corrected chi connectivity index (χ1v) is 5.66. The number of ether oxygens (including phenoxy) is 2. The fraction of sp³-hybridized carbons (Fsp3) is 0.143. The van der Waals surface area contributed by atoms with Crippen LogP contribution in [0.2, 0.25) is 0 Å². The second-order valence-electron chi connectivity index (χ2n) is 3.80. The highest BCUT2D eigenvalue weighted by molar-refractivity contribution is 5.72. The molecule has 2 rings (SSSR count). The summed E-state index contributed by atoms with van der Waals surface area (Å²) < 4.78 is 10.5. The molecule has 0 unspecified atom stereocenters. The van der Waals surface area contributed by atoms with Crippen molar-refractivity contribution in [1.82, 2.24) is 0 Å². The third-order valence-corrected chi connectivity index (χ3v) is 2.75. The van der Waals surface area contributed by atoms with E-state index in [1.54, 1.807) is 26.4 Å². The minimum Gasteiger partial charge on any atom is -0.497 e. The Kier molecular flexibility index (Phi) is 3.90. The van der Waals surface area contributed by atoms with Crippen molar-refractivity contribution < 1.29 is 9.47 Å². The van der Waals surface area contributed by atoms with Crippen LogP contribution in [0, 0.1) is 0 Å². The van der Waals surface area contributed by atoms with Crippen LogP contribution in [0.5, 0.6) is 11.5 Å². The van der Waals surface area contributed by atoms with Crippen molar-refractivity contribution in [3.8, 4) is 22.6 Å². The summed E-state index contributed by atoms with van der Waals surface area (Å²) in [5, 5.41) is 3.54. The van der Waals surface area contributed by atoms with E-state index in [4.69, 9.17) is 15.0 Å². The highest BCUT2D eigenvalue weighted by Crippen LogP contribution is 2.33. The number of methoxy groups -OCH3 is 2. The molecule has 0 aliphatic carbocycles. The minimum atomic E-state index is 0.582. The van der Waals surface area contributed by atoms with E-state index in [0.717, 1.165) is 22.6 Å². The Morgan fingerprint density at radius 2 is 1.74 bits per heavy atom. The summed E-state index contributed by atoms with van der Waals surface area (Å²) >= 11 is 0. The first-order chi connectivity index (χ1) is 9.28. The topological polar surface area (TPSA) is 67.2 Å². The third-order valence-electron chi connectivity index (χ3n) is 2.75. The van der Waals surface area contributed by atoms with Crippen molar-refractivity contribution in [3.05, 3.63) is 52.9 Å². The Hall–Kier alpha value is -2.65. The molecule has 5 heteroatoms. The lowest BCUT2D eigenvalue weighted by molar-refractivity contribution is 0.395. The Labute approximate surface area is 111 Å². The third kappa shape index (κ3) is 2.78. The first kappa shape index (κ1) is 12.8. The Balaban J connectivity index is 2.43. The summed E-state index contributed by atoms with van der Waals surface area (Å²) in [6.07, 6.45) is 0. The molecule has 0 atom stereocenters. The number of nitrogens with zero attached hydrogens (tertiary/aromatic N) is 3. The predicted molar refractivity (Wildman–Crippen MR) is 73.8 cm³/mol. The van der Waals surface area contributed by atoms with Gasteiger partial charge in [-0.3, -0.25) is 0 Å². The molecular weight excluding hydrogens is 242 g/mol. The van der Waals surface area contributed by atoms with Gasteiger partial charge in [-0.25, -0.2) is 0 Å².